The van der Waals surface area contributed by atoms with Crippen molar-refractivity contribution < 1.29 is 4.79 Å². The molecule has 5 heteroatoms. The van der Waals surface area contributed by atoms with Crippen LogP contribution in [0.5, 0.6) is 0 Å². The van der Waals surface area contributed by atoms with Gasteiger partial charge >= 0.3 is 0 Å². The van der Waals surface area contributed by atoms with Gasteiger partial charge in [0, 0.05) is 25.8 Å². The summed E-state index contributed by atoms with van der Waals surface area (Å²) in [5.41, 5.74) is 2.19. The number of pyridine rings is 1. The first-order valence-corrected chi connectivity index (χ1v) is 8.15. The minimum Gasteiger partial charge on any atom is -0.356 e. The van der Waals surface area contributed by atoms with E-state index in [0.717, 1.165) is 43.0 Å². The van der Waals surface area contributed by atoms with Gasteiger partial charge in [-0.3, -0.25) is 4.79 Å². The standard InChI is InChI=1S/C19H18N4O/c1-22-16-7-3-2-6-15(16)19(18(22)24)9-11-23(12-10-19)17-8-4-5-14(13-20)21-17/h2-8H,9-12H2,1H3. The molecule has 3 heterocycles. The molecule has 0 bridgehead atoms. The summed E-state index contributed by atoms with van der Waals surface area (Å²) in [4.78, 5) is 21.3. The largest absolute Gasteiger partial charge is 0.356 e. The Kier molecular flexibility index (Phi) is 3.27. The normalized spacial score (nSPS) is 18.6. The van der Waals surface area contributed by atoms with Gasteiger partial charge in [-0.15, -0.1) is 0 Å². The second-order valence-corrected chi connectivity index (χ2v) is 6.44. The molecule has 4 rings (SSSR count). The number of piperidine rings is 1. The minimum atomic E-state index is -0.408. The lowest BCUT2D eigenvalue weighted by Crippen LogP contribution is -2.48. The molecular formula is C19H18N4O. The van der Waals surface area contributed by atoms with Gasteiger partial charge in [0.2, 0.25) is 5.91 Å². The Morgan fingerprint density at radius 1 is 1.12 bits per heavy atom. The third-order valence-electron chi connectivity index (χ3n) is 5.28. The van der Waals surface area contributed by atoms with E-state index < -0.39 is 5.41 Å². The van der Waals surface area contributed by atoms with Crippen molar-refractivity contribution >= 4 is 17.4 Å². The second kappa shape index (κ2) is 5.34. The zero-order valence-corrected chi connectivity index (χ0v) is 13.6. The Labute approximate surface area is 141 Å². The second-order valence-electron chi connectivity index (χ2n) is 6.44. The molecule has 0 saturated carbocycles. The van der Waals surface area contributed by atoms with Crippen molar-refractivity contribution in [2.45, 2.75) is 18.3 Å². The minimum absolute atomic E-state index is 0.196. The molecule has 1 spiro atoms. The van der Waals surface area contributed by atoms with Crippen LogP contribution < -0.4 is 9.80 Å². The number of carbonyl (C=O) groups excluding carboxylic acids is 1. The molecule has 24 heavy (non-hydrogen) atoms. The van der Waals surface area contributed by atoms with Gasteiger partial charge < -0.3 is 9.80 Å². The van der Waals surface area contributed by atoms with Gasteiger partial charge in [-0.25, -0.2) is 4.98 Å². The third-order valence-corrected chi connectivity index (χ3v) is 5.28. The van der Waals surface area contributed by atoms with Crippen molar-refractivity contribution in [1.82, 2.24) is 4.98 Å². The molecule has 120 valence electrons. The molecule has 0 radical (unpaired) electrons. The number of benzene rings is 1. The molecule has 0 atom stereocenters. The Bertz CT molecular complexity index is 846. The summed E-state index contributed by atoms with van der Waals surface area (Å²) in [7, 11) is 1.86. The monoisotopic (exact) mass is 318 g/mol. The quantitative estimate of drug-likeness (QED) is 0.810. The smallest absolute Gasteiger partial charge is 0.237 e. The van der Waals surface area contributed by atoms with E-state index in [2.05, 4.69) is 22.0 Å². The average Bonchev–Trinajstić information content (AvgIpc) is 2.85. The van der Waals surface area contributed by atoms with Crippen LogP contribution in [0.4, 0.5) is 11.5 Å². The van der Waals surface area contributed by atoms with Crippen molar-refractivity contribution in [2.24, 2.45) is 0 Å². The van der Waals surface area contributed by atoms with E-state index in [1.54, 1.807) is 11.0 Å². The summed E-state index contributed by atoms with van der Waals surface area (Å²) in [6, 6.07) is 15.7. The van der Waals surface area contributed by atoms with Crippen LogP contribution in [0.2, 0.25) is 0 Å². The lowest BCUT2D eigenvalue weighted by Gasteiger charge is -2.39. The molecule has 0 N–H and O–H groups in total. The number of aromatic nitrogens is 1. The highest BCUT2D eigenvalue weighted by Crippen LogP contribution is 2.47. The number of nitrogens with zero attached hydrogens (tertiary/aromatic N) is 4. The average molecular weight is 318 g/mol. The maximum atomic E-state index is 12.9. The van der Waals surface area contributed by atoms with Crippen molar-refractivity contribution in [3.8, 4) is 6.07 Å². The van der Waals surface area contributed by atoms with E-state index in [4.69, 9.17) is 5.26 Å². The SMILES string of the molecule is CN1C(=O)C2(CCN(c3cccc(C#N)n3)CC2)c2ccccc21. The summed E-state index contributed by atoms with van der Waals surface area (Å²) in [6.45, 7) is 1.52. The number of amides is 1. The molecule has 2 aromatic rings. The van der Waals surface area contributed by atoms with E-state index in [1.165, 1.54) is 0 Å². The Balaban J connectivity index is 1.62. The topological polar surface area (TPSA) is 60.2 Å². The Hall–Kier alpha value is -2.87. The number of nitriles is 1. The van der Waals surface area contributed by atoms with Crippen LogP contribution in [-0.4, -0.2) is 31.0 Å². The van der Waals surface area contributed by atoms with Gasteiger partial charge in [0.15, 0.2) is 0 Å². The molecule has 0 aliphatic carbocycles. The molecule has 1 fully saturated rings. The number of hydrogen-bond acceptors (Lipinski definition) is 4. The first-order chi connectivity index (χ1) is 11.7. The number of para-hydroxylation sites is 1. The van der Waals surface area contributed by atoms with Crippen molar-refractivity contribution in [2.75, 3.05) is 29.9 Å². The Morgan fingerprint density at radius 2 is 1.88 bits per heavy atom. The predicted molar refractivity (Wildman–Crippen MR) is 91.9 cm³/mol. The highest BCUT2D eigenvalue weighted by atomic mass is 16.2. The zero-order chi connectivity index (χ0) is 16.7. The summed E-state index contributed by atoms with van der Waals surface area (Å²) in [5.74, 6) is 1.01. The molecule has 1 aromatic carbocycles. The molecular weight excluding hydrogens is 300 g/mol. The van der Waals surface area contributed by atoms with Crippen molar-refractivity contribution in [1.29, 1.82) is 5.26 Å². The molecule has 1 saturated heterocycles. The molecule has 0 unspecified atom stereocenters. The zero-order valence-electron chi connectivity index (χ0n) is 13.6. The predicted octanol–water partition coefficient (Wildman–Crippen LogP) is 2.47. The molecule has 2 aliphatic rings. The lowest BCUT2D eigenvalue weighted by atomic mass is 9.73. The van der Waals surface area contributed by atoms with E-state index in [9.17, 15) is 4.79 Å². The lowest BCUT2D eigenvalue weighted by molar-refractivity contribution is -0.123. The Morgan fingerprint density at radius 3 is 2.62 bits per heavy atom. The number of hydrogen-bond donors (Lipinski definition) is 0. The van der Waals surface area contributed by atoms with Crippen LogP contribution in [-0.2, 0) is 10.2 Å². The van der Waals surface area contributed by atoms with Gasteiger partial charge in [0.1, 0.15) is 17.6 Å². The molecule has 5 nitrogen and oxygen atoms in total. The van der Waals surface area contributed by atoms with Crippen LogP contribution in [0.3, 0.4) is 0 Å². The van der Waals surface area contributed by atoms with Crippen molar-refractivity contribution in [3.05, 3.63) is 53.7 Å². The fourth-order valence-corrected chi connectivity index (χ4v) is 3.98. The van der Waals surface area contributed by atoms with Crippen LogP contribution in [0.15, 0.2) is 42.5 Å². The van der Waals surface area contributed by atoms with E-state index in [0.29, 0.717) is 5.69 Å². The summed E-state index contributed by atoms with van der Waals surface area (Å²) in [5, 5.41) is 9.02. The van der Waals surface area contributed by atoms with Crippen LogP contribution in [0.1, 0.15) is 24.1 Å². The number of likely N-dealkylation sites (N-methyl/N-ethyl adjacent to an activating group) is 1. The van der Waals surface area contributed by atoms with Crippen LogP contribution in [0, 0.1) is 11.3 Å². The molecule has 1 amide bonds. The maximum Gasteiger partial charge on any atom is 0.237 e. The fourth-order valence-electron chi connectivity index (χ4n) is 3.98. The van der Waals surface area contributed by atoms with E-state index >= 15 is 0 Å². The van der Waals surface area contributed by atoms with E-state index in [-0.39, 0.29) is 5.91 Å². The number of anilines is 2. The maximum absolute atomic E-state index is 12.9. The number of fused-ring (bicyclic) bond motifs is 2. The summed E-state index contributed by atoms with van der Waals surface area (Å²) in [6.07, 6.45) is 1.54. The van der Waals surface area contributed by atoms with Crippen LogP contribution in [0.25, 0.3) is 0 Å². The molecule has 1 aromatic heterocycles. The highest BCUT2D eigenvalue weighted by molar-refractivity contribution is 6.07. The van der Waals surface area contributed by atoms with Gasteiger partial charge in [-0.05, 0) is 36.6 Å². The third kappa shape index (κ3) is 2.00. The van der Waals surface area contributed by atoms with Gasteiger partial charge in [0.25, 0.3) is 0 Å². The van der Waals surface area contributed by atoms with Gasteiger partial charge in [-0.1, -0.05) is 24.3 Å². The summed E-state index contributed by atoms with van der Waals surface area (Å²) < 4.78 is 0. The molecule has 2 aliphatic heterocycles. The van der Waals surface area contributed by atoms with Gasteiger partial charge in [0.05, 0.1) is 5.41 Å². The summed E-state index contributed by atoms with van der Waals surface area (Å²) >= 11 is 0. The van der Waals surface area contributed by atoms with Crippen molar-refractivity contribution in [3.63, 3.8) is 0 Å². The first kappa shape index (κ1) is 14.7. The number of carbonyl (C=O) groups is 1. The first-order valence-electron chi connectivity index (χ1n) is 8.15. The van der Waals surface area contributed by atoms with Gasteiger partial charge in [-0.2, -0.15) is 5.26 Å². The van der Waals surface area contributed by atoms with Crippen LogP contribution >= 0.6 is 0 Å². The fraction of sp³-hybridized carbons (Fsp3) is 0.316. The highest BCUT2D eigenvalue weighted by Gasteiger charge is 2.50. The van der Waals surface area contributed by atoms with E-state index in [1.807, 2.05) is 37.4 Å². The number of rotatable bonds is 1.